The molecule has 0 radical (unpaired) electrons. The molecule has 7 heteroatoms. The first-order valence-electron chi connectivity index (χ1n) is 5.25. The van der Waals surface area contributed by atoms with Crippen LogP contribution in [0.5, 0.6) is 0 Å². The minimum atomic E-state index is -0.650. The van der Waals surface area contributed by atoms with E-state index in [0.717, 1.165) is 0 Å². The van der Waals surface area contributed by atoms with Crippen molar-refractivity contribution in [1.29, 1.82) is 0 Å². The Hall–Kier alpha value is -1.63. The zero-order valence-electron chi connectivity index (χ0n) is 10.3. The lowest BCUT2D eigenvalue weighted by atomic mass is 10.1. The number of nitrogens with one attached hydrogen (secondary N) is 2. The minimum Gasteiger partial charge on any atom is -0.468 e. The average Bonchev–Trinajstić information content (AvgIpc) is 2.31. The predicted molar refractivity (Wildman–Crippen MR) is 60.8 cm³/mol. The van der Waals surface area contributed by atoms with Crippen LogP contribution in [-0.4, -0.2) is 44.0 Å². The highest BCUT2D eigenvalue weighted by Crippen LogP contribution is 1.97. The highest BCUT2D eigenvalue weighted by atomic mass is 16.5. The standard InChI is InChI=1S/C10H19N3O4/c1-6(2)9(11)10(16)13-4-7(14)12-5-8(15)17-3/h6,9H,4-5,11H2,1-3H3,(H,12,14)(H,13,16)/t9-/m0/s1. The maximum atomic E-state index is 11.4. The molecular weight excluding hydrogens is 226 g/mol. The van der Waals surface area contributed by atoms with Gasteiger partial charge in [0.05, 0.1) is 19.7 Å². The molecule has 0 spiro atoms. The molecule has 0 aromatic heterocycles. The first kappa shape index (κ1) is 15.4. The molecule has 0 unspecified atom stereocenters. The number of carbonyl (C=O) groups excluding carboxylic acids is 3. The number of methoxy groups -OCH3 is 1. The van der Waals surface area contributed by atoms with Crippen molar-refractivity contribution in [2.24, 2.45) is 11.7 Å². The van der Waals surface area contributed by atoms with Crippen molar-refractivity contribution >= 4 is 17.8 Å². The summed E-state index contributed by atoms with van der Waals surface area (Å²) < 4.78 is 4.33. The summed E-state index contributed by atoms with van der Waals surface area (Å²) in [6, 6.07) is -0.650. The summed E-state index contributed by atoms with van der Waals surface area (Å²) in [7, 11) is 1.22. The Kier molecular flexibility index (Phi) is 6.88. The largest absolute Gasteiger partial charge is 0.468 e. The molecule has 0 fully saturated rings. The lowest BCUT2D eigenvalue weighted by molar-refractivity contribution is -0.141. The molecular formula is C10H19N3O4. The van der Waals surface area contributed by atoms with Gasteiger partial charge in [0.1, 0.15) is 6.54 Å². The summed E-state index contributed by atoms with van der Waals surface area (Å²) in [6.45, 7) is 3.18. The molecule has 98 valence electrons. The fraction of sp³-hybridized carbons (Fsp3) is 0.700. The topological polar surface area (TPSA) is 111 Å². The first-order valence-corrected chi connectivity index (χ1v) is 5.25. The predicted octanol–water partition coefficient (Wildman–Crippen LogP) is -1.62. The normalized spacial score (nSPS) is 11.8. The number of esters is 1. The third kappa shape index (κ3) is 6.52. The van der Waals surface area contributed by atoms with Gasteiger partial charge in [-0.15, -0.1) is 0 Å². The second kappa shape index (κ2) is 7.61. The zero-order chi connectivity index (χ0) is 13.4. The smallest absolute Gasteiger partial charge is 0.325 e. The molecule has 17 heavy (non-hydrogen) atoms. The van der Waals surface area contributed by atoms with Crippen LogP contribution in [0, 0.1) is 5.92 Å². The minimum absolute atomic E-state index is 0.00636. The molecule has 0 rings (SSSR count). The van der Waals surface area contributed by atoms with Crippen LogP contribution in [0.4, 0.5) is 0 Å². The van der Waals surface area contributed by atoms with Gasteiger partial charge in [0.15, 0.2) is 0 Å². The SMILES string of the molecule is COC(=O)CNC(=O)CNC(=O)[C@@H](N)C(C)C. The summed E-state index contributed by atoms with van der Waals surface area (Å²) in [5, 5.41) is 4.67. The summed E-state index contributed by atoms with van der Waals surface area (Å²) in [6.07, 6.45) is 0. The number of carbonyl (C=O) groups is 3. The van der Waals surface area contributed by atoms with Gasteiger partial charge >= 0.3 is 5.97 Å². The van der Waals surface area contributed by atoms with Gasteiger partial charge in [0.2, 0.25) is 11.8 Å². The quantitative estimate of drug-likeness (QED) is 0.487. The van der Waals surface area contributed by atoms with Crippen molar-refractivity contribution in [2.75, 3.05) is 20.2 Å². The zero-order valence-corrected chi connectivity index (χ0v) is 10.3. The Morgan fingerprint density at radius 1 is 1.18 bits per heavy atom. The van der Waals surface area contributed by atoms with Crippen LogP contribution in [0.25, 0.3) is 0 Å². The number of ether oxygens (including phenoxy) is 1. The number of hydrogen-bond acceptors (Lipinski definition) is 5. The van der Waals surface area contributed by atoms with Gasteiger partial charge < -0.3 is 21.1 Å². The molecule has 1 atom stereocenters. The van der Waals surface area contributed by atoms with Crippen LogP contribution in [0.2, 0.25) is 0 Å². The summed E-state index contributed by atoms with van der Waals surface area (Å²) in [5.74, 6) is -1.43. The Morgan fingerprint density at radius 3 is 2.24 bits per heavy atom. The lowest BCUT2D eigenvalue weighted by Crippen LogP contribution is -2.47. The van der Waals surface area contributed by atoms with E-state index in [9.17, 15) is 14.4 Å². The van der Waals surface area contributed by atoms with Crippen molar-refractivity contribution in [1.82, 2.24) is 10.6 Å². The molecule has 4 N–H and O–H groups in total. The second-order valence-corrected chi connectivity index (χ2v) is 3.84. The lowest BCUT2D eigenvalue weighted by Gasteiger charge is -2.14. The third-order valence-corrected chi connectivity index (χ3v) is 2.10. The molecule has 0 aliphatic rings. The average molecular weight is 245 g/mol. The summed E-state index contributed by atoms with van der Waals surface area (Å²) in [4.78, 5) is 33.3. The van der Waals surface area contributed by atoms with Gasteiger partial charge in [-0.25, -0.2) is 0 Å². The fourth-order valence-electron chi connectivity index (χ4n) is 0.893. The first-order chi connectivity index (χ1) is 7.88. The summed E-state index contributed by atoms with van der Waals surface area (Å²) in [5.41, 5.74) is 5.57. The van der Waals surface area contributed by atoms with E-state index < -0.39 is 23.8 Å². The molecule has 0 saturated carbocycles. The number of amides is 2. The van der Waals surface area contributed by atoms with Crippen molar-refractivity contribution in [3.05, 3.63) is 0 Å². The van der Waals surface area contributed by atoms with Gasteiger partial charge in [0.25, 0.3) is 0 Å². The second-order valence-electron chi connectivity index (χ2n) is 3.84. The van der Waals surface area contributed by atoms with E-state index in [1.807, 2.05) is 13.8 Å². The Bertz CT molecular complexity index is 291. The fourth-order valence-corrected chi connectivity index (χ4v) is 0.893. The van der Waals surface area contributed by atoms with E-state index in [4.69, 9.17) is 5.73 Å². The van der Waals surface area contributed by atoms with Crippen LogP contribution in [0.15, 0.2) is 0 Å². The van der Waals surface area contributed by atoms with Crippen molar-refractivity contribution in [2.45, 2.75) is 19.9 Å². The molecule has 0 aromatic rings. The van der Waals surface area contributed by atoms with Gasteiger partial charge in [-0.1, -0.05) is 13.8 Å². The summed E-state index contributed by atoms with van der Waals surface area (Å²) >= 11 is 0. The van der Waals surface area contributed by atoms with E-state index in [-0.39, 0.29) is 19.0 Å². The van der Waals surface area contributed by atoms with Gasteiger partial charge in [0, 0.05) is 0 Å². The van der Waals surface area contributed by atoms with Gasteiger partial charge in [-0.3, -0.25) is 14.4 Å². The van der Waals surface area contributed by atoms with Gasteiger partial charge in [-0.2, -0.15) is 0 Å². The molecule has 0 aromatic carbocycles. The molecule has 0 saturated heterocycles. The molecule has 0 aliphatic carbocycles. The van der Waals surface area contributed by atoms with Crippen LogP contribution < -0.4 is 16.4 Å². The van der Waals surface area contributed by atoms with Crippen LogP contribution in [0.3, 0.4) is 0 Å². The number of nitrogens with two attached hydrogens (primary N) is 1. The van der Waals surface area contributed by atoms with Crippen LogP contribution in [0.1, 0.15) is 13.8 Å². The Labute approximate surface area is 100 Å². The van der Waals surface area contributed by atoms with E-state index in [1.165, 1.54) is 7.11 Å². The van der Waals surface area contributed by atoms with Crippen molar-refractivity contribution in [3.63, 3.8) is 0 Å². The maximum absolute atomic E-state index is 11.4. The van der Waals surface area contributed by atoms with Gasteiger partial charge in [-0.05, 0) is 5.92 Å². The molecule has 7 nitrogen and oxygen atoms in total. The molecule has 2 amide bonds. The molecule has 0 bridgehead atoms. The maximum Gasteiger partial charge on any atom is 0.325 e. The Morgan fingerprint density at radius 2 is 1.76 bits per heavy atom. The molecule has 0 aliphatic heterocycles. The highest BCUT2D eigenvalue weighted by Gasteiger charge is 2.17. The van der Waals surface area contributed by atoms with E-state index in [2.05, 4.69) is 15.4 Å². The van der Waals surface area contributed by atoms with Crippen LogP contribution in [-0.2, 0) is 19.1 Å². The van der Waals surface area contributed by atoms with E-state index in [0.29, 0.717) is 0 Å². The van der Waals surface area contributed by atoms with Crippen molar-refractivity contribution in [3.8, 4) is 0 Å². The highest BCUT2D eigenvalue weighted by molar-refractivity contribution is 5.88. The molecule has 0 heterocycles. The van der Waals surface area contributed by atoms with Crippen LogP contribution >= 0.6 is 0 Å². The number of hydrogen-bond donors (Lipinski definition) is 3. The van der Waals surface area contributed by atoms with E-state index >= 15 is 0 Å². The third-order valence-electron chi connectivity index (χ3n) is 2.10. The van der Waals surface area contributed by atoms with E-state index in [1.54, 1.807) is 0 Å². The van der Waals surface area contributed by atoms with Crippen molar-refractivity contribution < 1.29 is 19.1 Å². The Balaban J connectivity index is 3.84. The monoisotopic (exact) mass is 245 g/mol. The number of rotatable bonds is 6.